The molecule has 7 heteroatoms. The highest BCUT2D eigenvalue weighted by atomic mass is 35.5. The zero-order valence-corrected chi connectivity index (χ0v) is 16.3. The zero-order valence-electron chi connectivity index (χ0n) is 14.8. The van der Waals surface area contributed by atoms with Gasteiger partial charge in [0, 0.05) is 24.2 Å². The molecule has 0 aromatic heterocycles. The van der Waals surface area contributed by atoms with Crippen LogP contribution in [0.4, 0.5) is 5.69 Å². The predicted molar refractivity (Wildman–Crippen MR) is 104 cm³/mol. The summed E-state index contributed by atoms with van der Waals surface area (Å²) in [4.78, 5) is 25.9. The van der Waals surface area contributed by atoms with E-state index in [1.165, 1.54) is 17.7 Å². The SMILES string of the molecule is CC(CC(=O)N(C)CC(=O)Nc1cccc(Cl)c1)C1CCCNC1.Cl. The zero-order chi connectivity index (χ0) is 17.5. The molecule has 1 saturated heterocycles. The fourth-order valence-electron chi connectivity index (χ4n) is 3.03. The Kier molecular flexibility index (Phi) is 9.25. The van der Waals surface area contributed by atoms with Crippen LogP contribution in [0.2, 0.25) is 5.02 Å². The highest BCUT2D eigenvalue weighted by molar-refractivity contribution is 6.30. The number of carbonyl (C=O) groups is 2. The van der Waals surface area contributed by atoms with Gasteiger partial charge in [-0.15, -0.1) is 12.4 Å². The van der Waals surface area contributed by atoms with Crippen LogP contribution in [-0.4, -0.2) is 43.4 Å². The molecular formula is C18H27Cl2N3O2. The number of likely N-dealkylation sites (N-methyl/N-ethyl adjacent to an activating group) is 1. The van der Waals surface area contributed by atoms with Crippen molar-refractivity contribution in [3.63, 3.8) is 0 Å². The molecule has 2 unspecified atom stereocenters. The lowest BCUT2D eigenvalue weighted by Crippen LogP contribution is -2.38. The predicted octanol–water partition coefficient (Wildman–Crippen LogP) is 3.18. The van der Waals surface area contributed by atoms with E-state index in [4.69, 9.17) is 11.6 Å². The fourth-order valence-corrected chi connectivity index (χ4v) is 3.22. The summed E-state index contributed by atoms with van der Waals surface area (Å²) in [5.74, 6) is 0.648. The minimum Gasteiger partial charge on any atom is -0.336 e. The number of piperidine rings is 1. The number of halogens is 2. The summed E-state index contributed by atoms with van der Waals surface area (Å²) in [5, 5.41) is 6.70. The van der Waals surface area contributed by atoms with Crippen LogP contribution in [0.3, 0.4) is 0 Å². The maximum Gasteiger partial charge on any atom is 0.243 e. The van der Waals surface area contributed by atoms with E-state index in [0.29, 0.717) is 29.0 Å². The van der Waals surface area contributed by atoms with E-state index in [1.54, 1.807) is 31.3 Å². The summed E-state index contributed by atoms with van der Waals surface area (Å²) in [7, 11) is 1.67. The molecule has 2 N–H and O–H groups in total. The molecule has 2 amide bonds. The number of carbonyl (C=O) groups excluding carboxylic acids is 2. The van der Waals surface area contributed by atoms with Gasteiger partial charge in [-0.2, -0.15) is 0 Å². The maximum atomic E-state index is 12.3. The van der Waals surface area contributed by atoms with E-state index in [0.717, 1.165) is 13.1 Å². The Morgan fingerprint density at radius 2 is 2.20 bits per heavy atom. The molecule has 2 rings (SSSR count). The Balaban J connectivity index is 0.00000312. The van der Waals surface area contributed by atoms with Crippen LogP contribution in [0.1, 0.15) is 26.2 Å². The topological polar surface area (TPSA) is 61.4 Å². The lowest BCUT2D eigenvalue weighted by Gasteiger charge is -2.29. The van der Waals surface area contributed by atoms with Crippen molar-refractivity contribution in [1.29, 1.82) is 0 Å². The molecule has 25 heavy (non-hydrogen) atoms. The first-order valence-electron chi connectivity index (χ1n) is 8.46. The molecule has 1 heterocycles. The molecule has 1 aliphatic rings. The van der Waals surface area contributed by atoms with Crippen molar-refractivity contribution in [1.82, 2.24) is 10.2 Å². The average Bonchev–Trinajstić information content (AvgIpc) is 2.55. The Bertz CT molecular complexity index is 577. The summed E-state index contributed by atoms with van der Waals surface area (Å²) in [6.07, 6.45) is 2.81. The Labute approximate surface area is 160 Å². The third-order valence-electron chi connectivity index (χ3n) is 4.55. The van der Waals surface area contributed by atoms with Gasteiger partial charge in [-0.25, -0.2) is 0 Å². The largest absolute Gasteiger partial charge is 0.336 e. The number of rotatable bonds is 6. The van der Waals surface area contributed by atoms with E-state index < -0.39 is 0 Å². The third-order valence-corrected chi connectivity index (χ3v) is 4.79. The van der Waals surface area contributed by atoms with E-state index in [9.17, 15) is 9.59 Å². The second kappa shape index (κ2) is 10.6. The molecule has 2 atom stereocenters. The van der Waals surface area contributed by atoms with E-state index in [-0.39, 0.29) is 30.8 Å². The lowest BCUT2D eigenvalue weighted by atomic mass is 9.85. The summed E-state index contributed by atoms with van der Waals surface area (Å²) < 4.78 is 0. The quantitative estimate of drug-likeness (QED) is 0.787. The molecule has 0 saturated carbocycles. The first-order chi connectivity index (χ1) is 11.5. The smallest absolute Gasteiger partial charge is 0.243 e. The van der Waals surface area contributed by atoms with Gasteiger partial charge in [-0.1, -0.05) is 24.6 Å². The Morgan fingerprint density at radius 1 is 1.44 bits per heavy atom. The van der Waals surface area contributed by atoms with Gasteiger partial charge in [0.2, 0.25) is 11.8 Å². The maximum absolute atomic E-state index is 12.3. The molecule has 1 aromatic rings. The number of amides is 2. The van der Waals surface area contributed by atoms with E-state index in [2.05, 4.69) is 17.6 Å². The third kappa shape index (κ3) is 7.22. The molecule has 0 radical (unpaired) electrons. The molecule has 1 aliphatic heterocycles. The fraction of sp³-hybridized carbons (Fsp3) is 0.556. The lowest BCUT2D eigenvalue weighted by molar-refractivity contribution is -0.134. The van der Waals surface area contributed by atoms with Gasteiger partial charge in [-0.05, 0) is 56.0 Å². The van der Waals surface area contributed by atoms with Gasteiger partial charge < -0.3 is 15.5 Å². The molecule has 1 aromatic carbocycles. The molecule has 5 nitrogen and oxygen atoms in total. The Hall–Kier alpha value is -1.30. The number of benzene rings is 1. The van der Waals surface area contributed by atoms with Crippen LogP contribution < -0.4 is 10.6 Å². The van der Waals surface area contributed by atoms with Gasteiger partial charge in [0.1, 0.15) is 0 Å². The molecule has 1 fully saturated rings. The van der Waals surface area contributed by atoms with Crippen molar-refractivity contribution < 1.29 is 9.59 Å². The Morgan fingerprint density at radius 3 is 2.84 bits per heavy atom. The normalized spacial score (nSPS) is 18.0. The number of hydrogen-bond acceptors (Lipinski definition) is 3. The first kappa shape index (κ1) is 21.7. The molecular weight excluding hydrogens is 361 g/mol. The molecule has 0 spiro atoms. The van der Waals surface area contributed by atoms with Crippen molar-refractivity contribution in [2.75, 3.05) is 32.0 Å². The second-order valence-electron chi connectivity index (χ2n) is 6.60. The molecule has 0 aliphatic carbocycles. The summed E-state index contributed by atoms with van der Waals surface area (Å²) in [6.45, 7) is 4.21. The standard InChI is InChI=1S/C18H26ClN3O2.ClH/c1-13(14-5-4-8-20-11-14)9-18(24)22(2)12-17(23)21-16-7-3-6-15(19)10-16;/h3,6-7,10,13-14,20H,4-5,8-9,11-12H2,1-2H3,(H,21,23);1H. The number of anilines is 1. The van der Waals surface area contributed by atoms with Crippen LogP contribution in [0.15, 0.2) is 24.3 Å². The van der Waals surface area contributed by atoms with Crippen LogP contribution in [-0.2, 0) is 9.59 Å². The second-order valence-corrected chi connectivity index (χ2v) is 7.03. The van der Waals surface area contributed by atoms with Crippen LogP contribution >= 0.6 is 24.0 Å². The van der Waals surface area contributed by atoms with E-state index >= 15 is 0 Å². The first-order valence-corrected chi connectivity index (χ1v) is 8.83. The van der Waals surface area contributed by atoms with Gasteiger partial charge in [0.15, 0.2) is 0 Å². The average molecular weight is 388 g/mol. The summed E-state index contributed by atoms with van der Waals surface area (Å²) in [6, 6.07) is 6.96. The monoisotopic (exact) mass is 387 g/mol. The van der Waals surface area contributed by atoms with Crippen LogP contribution in [0, 0.1) is 11.8 Å². The summed E-state index contributed by atoms with van der Waals surface area (Å²) >= 11 is 5.89. The van der Waals surface area contributed by atoms with Gasteiger partial charge in [-0.3, -0.25) is 9.59 Å². The van der Waals surface area contributed by atoms with Crippen LogP contribution in [0.25, 0.3) is 0 Å². The molecule has 140 valence electrons. The van der Waals surface area contributed by atoms with Gasteiger partial charge in [0.05, 0.1) is 6.54 Å². The minimum absolute atomic E-state index is 0. The highest BCUT2D eigenvalue weighted by Crippen LogP contribution is 2.23. The van der Waals surface area contributed by atoms with E-state index in [1.807, 2.05) is 0 Å². The molecule has 0 bridgehead atoms. The number of hydrogen-bond donors (Lipinski definition) is 2. The highest BCUT2D eigenvalue weighted by Gasteiger charge is 2.24. The van der Waals surface area contributed by atoms with Crippen molar-refractivity contribution in [3.05, 3.63) is 29.3 Å². The minimum atomic E-state index is -0.222. The van der Waals surface area contributed by atoms with Gasteiger partial charge in [0.25, 0.3) is 0 Å². The number of nitrogens with zero attached hydrogens (tertiary/aromatic N) is 1. The van der Waals surface area contributed by atoms with Crippen molar-refractivity contribution in [2.24, 2.45) is 11.8 Å². The van der Waals surface area contributed by atoms with Gasteiger partial charge >= 0.3 is 0 Å². The summed E-state index contributed by atoms with van der Waals surface area (Å²) in [5.41, 5.74) is 0.634. The van der Waals surface area contributed by atoms with Crippen molar-refractivity contribution >= 4 is 41.5 Å². The van der Waals surface area contributed by atoms with Crippen molar-refractivity contribution in [2.45, 2.75) is 26.2 Å². The number of nitrogens with one attached hydrogen (secondary N) is 2. The van der Waals surface area contributed by atoms with Crippen molar-refractivity contribution in [3.8, 4) is 0 Å². The van der Waals surface area contributed by atoms with Crippen LogP contribution in [0.5, 0.6) is 0 Å².